The molecule has 0 saturated carbocycles. The predicted octanol–water partition coefficient (Wildman–Crippen LogP) is 0.938. The van der Waals surface area contributed by atoms with Crippen LogP contribution in [0.5, 0.6) is 5.75 Å². The van der Waals surface area contributed by atoms with Crippen LogP contribution < -0.4 is 10.1 Å². The number of sulfonamides is 1. The first-order valence-electron chi connectivity index (χ1n) is 6.85. The van der Waals surface area contributed by atoms with Crippen LogP contribution in [-0.2, 0) is 14.8 Å². The van der Waals surface area contributed by atoms with Gasteiger partial charge in [0.1, 0.15) is 5.75 Å². The Morgan fingerprint density at radius 1 is 1.36 bits per heavy atom. The molecule has 0 spiro atoms. The first-order chi connectivity index (χ1) is 10.3. The van der Waals surface area contributed by atoms with Crippen molar-refractivity contribution in [2.75, 3.05) is 32.5 Å². The van der Waals surface area contributed by atoms with Crippen molar-refractivity contribution in [2.24, 2.45) is 0 Å². The minimum absolute atomic E-state index is 0.108. The van der Waals surface area contributed by atoms with Crippen molar-refractivity contribution >= 4 is 15.9 Å². The quantitative estimate of drug-likeness (QED) is 0.685. The highest BCUT2D eigenvalue weighted by Gasteiger charge is 2.14. The molecular formula is C15H22N2O4S. The Hall–Kier alpha value is -1.86. The van der Waals surface area contributed by atoms with Crippen LogP contribution in [0, 0.1) is 6.92 Å². The molecule has 0 unspecified atom stereocenters. The van der Waals surface area contributed by atoms with Crippen LogP contribution in [0.1, 0.15) is 5.56 Å². The number of hydrogen-bond donors (Lipinski definition) is 1. The number of hydrogen-bond acceptors (Lipinski definition) is 4. The summed E-state index contributed by atoms with van der Waals surface area (Å²) in [6.45, 7) is 6.00. The number of nitrogens with zero attached hydrogens (tertiary/aromatic N) is 1. The second-order valence-electron chi connectivity index (χ2n) is 4.86. The van der Waals surface area contributed by atoms with Gasteiger partial charge in [0.2, 0.25) is 10.0 Å². The number of nitrogens with one attached hydrogen (secondary N) is 1. The van der Waals surface area contributed by atoms with Crippen LogP contribution >= 0.6 is 0 Å². The van der Waals surface area contributed by atoms with Gasteiger partial charge in [-0.25, -0.2) is 8.42 Å². The van der Waals surface area contributed by atoms with Gasteiger partial charge in [-0.05, 0) is 19.1 Å². The third-order valence-electron chi connectivity index (χ3n) is 2.88. The largest absolute Gasteiger partial charge is 0.484 e. The van der Waals surface area contributed by atoms with Gasteiger partial charge in [0.05, 0.1) is 6.26 Å². The number of aryl methyl sites for hydroxylation is 1. The lowest BCUT2D eigenvalue weighted by atomic mass is 10.2. The molecule has 0 aliphatic rings. The van der Waals surface area contributed by atoms with Crippen molar-refractivity contribution in [1.82, 2.24) is 9.62 Å². The van der Waals surface area contributed by atoms with E-state index in [0.717, 1.165) is 11.8 Å². The number of rotatable bonds is 9. The number of benzene rings is 1. The van der Waals surface area contributed by atoms with Crippen molar-refractivity contribution in [3.63, 3.8) is 0 Å². The molecule has 1 rings (SSSR count). The normalized spacial score (nSPS) is 11.2. The Balaban J connectivity index is 2.33. The maximum Gasteiger partial charge on any atom is 0.257 e. The van der Waals surface area contributed by atoms with Gasteiger partial charge in [-0.15, -0.1) is 6.58 Å². The topological polar surface area (TPSA) is 75.7 Å². The van der Waals surface area contributed by atoms with Gasteiger partial charge in [-0.2, -0.15) is 4.31 Å². The van der Waals surface area contributed by atoms with E-state index in [1.54, 1.807) is 12.1 Å². The first-order valence-corrected chi connectivity index (χ1v) is 8.70. The lowest BCUT2D eigenvalue weighted by Gasteiger charge is -2.18. The molecule has 1 aromatic rings. The van der Waals surface area contributed by atoms with E-state index in [1.807, 2.05) is 19.1 Å². The standard InChI is InChI=1S/C15H22N2O4S/c1-4-10-17(22(3,19)20)11-9-16-15(18)12-21-14-7-5-13(2)6-8-14/h4-8H,1,9-12H2,2-3H3,(H,16,18). The van der Waals surface area contributed by atoms with Gasteiger partial charge in [0.15, 0.2) is 6.61 Å². The molecule has 22 heavy (non-hydrogen) atoms. The summed E-state index contributed by atoms with van der Waals surface area (Å²) in [6, 6.07) is 7.37. The highest BCUT2D eigenvalue weighted by molar-refractivity contribution is 7.88. The van der Waals surface area contributed by atoms with Crippen LogP contribution in [-0.4, -0.2) is 51.1 Å². The fourth-order valence-corrected chi connectivity index (χ4v) is 2.49. The smallest absolute Gasteiger partial charge is 0.257 e. The summed E-state index contributed by atoms with van der Waals surface area (Å²) < 4.78 is 29.5. The highest BCUT2D eigenvalue weighted by atomic mass is 32.2. The number of carbonyl (C=O) groups excluding carboxylic acids is 1. The van der Waals surface area contributed by atoms with E-state index in [1.165, 1.54) is 10.4 Å². The number of ether oxygens (including phenoxy) is 1. The van der Waals surface area contributed by atoms with Crippen LogP contribution in [0.4, 0.5) is 0 Å². The molecule has 0 aromatic heterocycles. The van der Waals surface area contributed by atoms with Crippen LogP contribution in [0.25, 0.3) is 0 Å². The molecule has 1 N–H and O–H groups in total. The van der Waals surface area contributed by atoms with Gasteiger partial charge in [0.25, 0.3) is 5.91 Å². The maximum atomic E-state index is 11.6. The van der Waals surface area contributed by atoms with E-state index in [9.17, 15) is 13.2 Å². The zero-order valence-electron chi connectivity index (χ0n) is 12.9. The molecule has 0 aliphatic carbocycles. The predicted molar refractivity (Wildman–Crippen MR) is 86.3 cm³/mol. The molecule has 0 fully saturated rings. The second kappa shape index (κ2) is 8.55. The Labute approximate surface area is 131 Å². The Bertz CT molecular complexity index is 596. The van der Waals surface area contributed by atoms with Crippen LogP contribution in [0.15, 0.2) is 36.9 Å². The summed E-state index contributed by atoms with van der Waals surface area (Å²) >= 11 is 0. The SMILES string of the molecule is C=CCN(CCNC(=O)COc1ccc(C)cc1)S(C)(=O)=O. The van der Waals surface area contributed by atoms with Gasteiger partial charge in [-0.1, -0.05) is 23.8 Å². The summed E-state index contributed by atoms with van der Waals surface area (Å²) in [6.07, 6.45) is 2.63. The average molecular weight is 326 g/mol. The number of carbonyl (C=O) groups is 1. The summed E-state index contributed by atoms with van der Waals surface area (Å²) in [5.41, 5.74) is 1.11. The third-order valence-corrected chi connectivity index (χ3v) is 4.15. The van der Waals surface area contributed by atoms with Crippen LogP contribution in [0.3, 0.4) is 0 Å². The van der Waals surface area contributed by atoms with Gasteiger partial charge in [0, 0.05) is 19.6 Å². The Morgan fingerprint density at radius 3 is 2.55 bits per heavy atom. The van der Waals surface area contributed by atoms with E-state index in [4.69, 9.17) is 4.74 Å². The van der Waals surface area contributed by atoms with Crippen molar-refractivity contribution in [3.05, 3.63) is 42.5 Å². The van der Waals surface area contributed by atoms with Crippen LogP contribution in [0.2, 0.25) is 0 Å². The van der Waals surface area contributed by atoms with Crippen molar-refractivity contribution < 1.29 is 17.9 Å². The summed E-state index contributed by atoms with van der Waals surface area (Å²) in [5.74, 6) is 0.317. The summed E-state index contributed by atoms with van der Waals surface area (Å²) in [7, 11) is -3.30. The monoisotopic (exact) mass is 326 g/mol. The van der Waals surface area contributed by atoms with Gasteiger partial charge < -0.3 is 10.1 Å². The zero-order valence-corrected chi connectivity index (χ0v) is 13.7. The second-order valence-corrected chi connectivity index (χ2v) is 6.84. The molecule has 1 aromatic carbocycles. The minimum atomic E-state index is -3.30. The Kier molecular flexibility index (Phi) is 7.07. The molecule has 0 atom stereocenters. The van der Waals surface area contributed by atoms with Crippen molar-refractivity contribution in [2.45, 2.75) is 6.92 Å². The summed E-state index contributed by atoms with van der Waals surface area (Å²) in [4.78, 5) is 11.6. The van der Waals surface area contributed by atoms with E-state index in [0.29, 0.717) is 5.75 Å². The van der Waals surface area contributed by atoms with Gasteiger partial charge in [-0.3, -0.25) is 4.79 Å². The molecule has 0 aliphatic heterocycles. The highest BCUT2D eigenvalue weighted by Crippen LogP contribution is 2.10. The zero-order chi connectivity index (χ0) is 16.6. The van der Waals surface area contributed by atoms with Crippen molar-refractivity contribution in [1.29, 1.82) is 0 Å². The molecule has 6 nitrogen and oxygen atoms in total. The van der Waals surface area contributed by atoms with E-state index >= 15 is 0 Å². The number of amides is 1. The first kappa shape index (κ1) is 18.2. The molecule has 0 bridgehead atoms. The molecule has 0 radical (unpaired) electrons. The molecule has 122 valence electrons. The van der Waals surface area contributed by atoms with Crippen molar-refractivity contribution in [3.8, 4) is 5.75 Å². The summed E-state index contributed by atoms with van der Waals surface area (Å²) in [5, 5.41) is 2.62. The molecular weight excluding hydrogens is 304 g/mol. The van der Waals surface area contributed by atoms with Gasteiger partial charge >= 0.3 is 0 Å². The minimum Gasteiger partial charge on any atom is -0.484 e. The molecule has 0 heterocycles. The lowest BCUT2D eigenvalue weighted by Crippen LogP contribution is -2.39. The fraction of sp³-hybridized carbons (Fsp3) is 0.400. The van der Waals surface area contributed by atoms with E-state index < -0.39 is 10.0 Å². The molecule has 0 saturated heterocycles. The molecule has 7 heteroatoms. The van der Waals surface area contributed by atoms with E-state index in [2.05, 4.69) is 11.9 Å². The lowest BCUT2D eigenvalue weighted by molar-refractivity contribution is -0.123. The molecule has 1 amide bonds. The maximum absolute atomic E-state index is 11.6. The third kappa shape index (κ3) is 6.73. The Morgan fingerprint density at radius 2 is 2.00 bits per heavy atom. The fourth-order valence-electron chi connectivity index (χ4n) is 1.69. The average Bonchev–Trinajstić information content (AvgIpc) is 2.45. The van der Waals surface area contributed by atoms with E-state index in [-0.39, 0.29) is 32.1 Å².